The van der Waals surface area contributed by atoms with Crippen LogP contribution in [0.15, 0.2) is 11.6 Å². The first-order valence-electron chi connectivity index (χ1n) is 8.11. The third kappa shape index (κ3) is 3.00. The summed E-state index contributed by atoms with van der Waals surface area (Å²) in [6, 6.07) is 1.86. The molecule has 1 saturated carbocycles. The minimum Gasteiger partial charge on any atom is -0.481 e. The molecule has 1 unspecified atom stereocenters. The minimum atomic E-state index is -1.70. The summed E-state index contributed by atoms with van der Waals surface area (Å²) < 4.78 is 61.8. The number of aliphatic carboxylic acids is 1. The maximum atomic E-state index is 14.5. The van der Waals surface area contributed by atoms with Gasteiger partial charge < -0.3 is 9.84 Å². The number of nitrogens with zero attached hydrogens (tertiary/aromatic N) is 1. The second-order valence-corrected chi connectivity index (χ2v) is 7.26. The molecule has 0 aromatic heterocycles. The molecule has 0 spiro atoms. The van der Waals surface area contributed by atoms with Gasteiger partial charge in [0.05, 0.1) is 23.7 Å². The van der Waals surface area contributed by atoms with Gasteiger partial charge in [0, 0.05) is 24.2 Å². The standard InChI is InChI=1S/C19H19F4NO3/c1-9(7-24)5-12-18(2,3)19(12,17(25)26)6-10-13(20)15(22)11(8-27-4)16(23)14(10)21/h5,12H,6,8H2,1-4H3,(H,25,26)/b9-5+/t12?,19-/m0/s1. The summed E-state index contributed by atoms with van der Waals surface area (Å²) in [5.41, 5.74) is -4.30. The van der Waals surface area contributed by atoms with Gasteiger partial charge in [0.15, 0.2) is 23.3 Å². The second-order valence-electron chi connectivity index (χ2n) is 7.26. The Morgan fingerprint density at radius 3 is 2.07 bits per heavy atom. The van der Waals surface area contributed by atoms with Crippen LogP contribution in [-0.4, -0.2) is 18.2 Å². The maximum Gasteiger partial charge on any atom is 0.311 e. The van der Waals surface area contributed by atoms with Crippen LogP contribution in [0.4, 0.5) is 17.6 Å². The summed E-state index contributed by atoms with van der Waals surface area (Å²) >= 11 is 0. The van der Waals surface area contributed by atoms with Crippen LogP contribution < -0.4 is 0 Å². The fourth-order valence-corrected chi connectivity index (χ4v) is 3.78. The van der Waals surface area contributed by atoms with Gasteiger partial charge in [-0.25, -0.2) is 17.6 Å². The number of benzene rings is 1. The number of hydrogen-bond donors (Lipinski definition) is 1. The molecule has 2 atom stereocenters. The van der Waals surface area contributed by atoms with Crippen molar-refractivity contribution < 1.29 is 32.2 Å². The lowest BCUT2D eigenvalue weighted by atomic mass is 9.87. The molecule has 0 saturated heterocycles. The zero-order valence-electron chi connectivity index (χ0n) is 15.3. The Labute approximate surface area is 154 Å². The van der Waals surface area contributed by atoms with E-state index in [1.807, 2.05) is 6.07 Å². The van der Waals surface area contributed by atoms with Gasteiger partial charge in [0.25, 0.3) is 0 Å². The Balaban J connectivity index is 2.61. The highest BCUT2D eigenvalue weighted by molar-refractivity contribution is 5.82. The quantitative estimate of drug-likeness (QED) is 0.454. The number of carboxylic acid groups (broad SMARTS) is 1. The summed E-state index contributed by atoms with van der Waals surface area (Å²) in [4.78, 5) is 12.0. The number of carbonyl (C=O) groups is 1. The van der Waals surface area contributed by atoms with E-state index in [2.05, 4.69) is 4.74 Å². The van der Waals surface area contributed by atoms with Crippen molar-refractivity contribution in [2.24, 2.45) is 16.7 Å². The lowest BCUT2D eigenvalue weighted by Gasteiger charge is -2.18. The summed E-state index contributed by atoms with van der Waals surface area (Å²) in [5, 5.41) is 18.7. The minimum absolute atomic E-state index is 0.241. The molecule has 0 heterocycles. The average Bonchev–Trinajstić information content (AvgIpc) is 3.08. The third-order valence-corrected chi connectivity index (χ3v) is 5.54. The van der Waals surface area contributed by atoms with Gasteiger partial charge in [-0.15, -0.1) is 0 Å². The van der Waals surface area contributed by atoms with Crippen LogP contribution >= 0.6 is 0 Å². The number of hydrogen-bond acceptors (Lipinski definition) is 3. The number of ether oxygens (including phenoxy) is 1. The van der Waals surface area contributed by atoms with Crippen LogP contribution in [0.1, 0.15) is 31.9 Å². The number of rotatable bonds is 6. The van der Waals surface area contributed by atoms with Crippen molar-refractivity contribution in [3.05, 3.63) is 46.0 Å². The van der Waals surface area contributed by atoms with E-state index < -0.39 is 70.1 Å². The van der Waals surface area contributed by atoms with Gasteiger partial charge in [-0.3, -0.25) is 4.79 Å². The van der Waals surface area contributed by atoms with Crippen molar-refractivity contribution in [3.63, 3.8) is 0 Å². The zero-order valence-corrected chi connectivity index (χ0v) is 15.3. The summed E-state index contributed by atoms with van der Waals surface area (Å²) in [6.07, 6.45) is 0.657. The van der Waals surface area contributed by atoms with Gasteiger partial charge in [-0.1, -0.05) is 19.9 Å². The molecule has 8 heteroatoms. The van der Waals surface area contributed by atoms with Crippen molar-refractivity contribution in [2.75, 3.05) is 7.11 Å². The fraction of sp³-hybridized carbons (Fsp3) is 0.474. The first-order valence-corrected chi connectivity index (χ1v) is 8.11. The van der Waals surface area contributed by atoms with Crippen molar-refractivity contribution in [1.29, 1.82) is 5.26 Å². The highest BCUT2D eigenvalue weighted by Crippen LogP contribution is 2.71. The molecule has 2 rings (SSSR count). The van der Waals surface area contributed by atoms with E-state index in [9.17, 15) is 27.5 Å². The molecule has 146 valence electrons. The smallest absolute Gasteiger partial charge is 0.311 e. The lowest BCUT2D eigenvalue weighted by molar-refractivity contribution is -0.145. The topological polar surface area (TPSA) is 70.3 Å². The fourth-order valence-electron chi connectivity index (χ4n) is 3.78. The summed E-state index contributed by atoms with van der Waals surface area (Å²) in [5.74, 6) is -8.58. The van der Waals surface area contributed by atoms with Crippen molar-refractivity contribution in [1.82, 2.24) is 0 Å². The van der Waals surface area contributed by atoms with E-state index in [1.54, 1.807) is 13.8 Å². The van der Waals surface area contributed by atoms with Crippen LogP contribution in [0.3, 0.4) is 0 Å². The van der Waals surface area contributed by atoms with Crippen molar-refractivity contribution in [3.8, 4) is 6.07 Å². The Hall–Kier alpha value is -2.40. The van der Waals surface area contributed by atoms with Crippen LogP contribution in [0.5, 0.6) is 0 Å². The summed E-state index contributed by atoms with van der Waals surface area (Å²) in [6.45, 7) is 3.93. The first-order chi connectivity index (χ1) is 12.5. The van der Waals surface area contributed by atoms with Crippen LogP contribution in [0, 0.1) is 51.3 Å². The Kier molecular flexibility index (Phi) is 5.39. The van der Waals surface area contributed by atoms with Gasteiger partial charge in [0.1, 0.15) is 0 Å². The Bertz CT molecular complexity index is 844. The van der Waals surface area contributed by atoms with Crippen molar-refractivity contribution >= 4 is 5.97 Å². The number of carboxylic acids is 1. The number of halogens is 4. The maximum absolute atomic E-state index is 14.5. The Morgan fingerprint density at radius 1 is 1.19 bits per heavy atom. The molecule has 27 heavy (non-hydrogen) atoms. The Morgan fingerprint density at radius 2 is 1.67 bits per heavy atom. The predicted molar refractivity (Wildman–Crippen MR) is 87.4 cm³/mol. The molecular formula is C19H19F4NO3. The molecule has 0 aliphatic heterocycles. The normalized spacial score (nSPS) is 23.8. The molecule has 1 fully saturated rings. The first kappa shape index (κ1) is 20.9. The molecule has 0 radical (unpaired) electrons. The highest BCUT2D eigenvalue weighted by Gasteiger charge is 2.74. The van der Waals surface area contributed by atoms with Crippen molar-refractivity contribution in [2.45, 2.75) is 33.8 Å². The van der Waals surface area contributed by atoms with Gasteiger partial charge in [-0.05, 0) is 18.8 Å². The van der Waals surface area contributed by atoms with E-state index in [1.165, 1.54) is 13.0 Å². The van der Waals surface area contributed by atoms with E-state index in [-0.39, 0.29) is 5.57 Å². The van der Waals surface area contributed by atoms with Crippen LogP contribution in [-0.2, 0) is 22.6 Å². The predicted octanol–water partition coefficient (Wildman–Crippen LogP) is 4.13. The molecule has 1 aromatic rings. The number of nitriles is 1. The molecule has 1 aromatic carbocycles. The molecule has 1 aliphatic carbocycles. The van der Waals surface area contributed by atoms with Crippen LogP contribution in [0.2, 0.25) is 0 Å². The van der Waals surface area contributed by atoms with E-state index >= 15 is 0 Å². The molecule has 1 N–H and O–H groups in total. The summed E-state index contributed by atoms with van der Waals surface area (Å²) in [7, 11) is 1.11. The SMILES string of the molecule is COCc1c(F)c(F)c(C[C@@]2(C(=O)O)C(/C=C(\C)C#N)C2(C)C)c(F)c1F. The number of allylic oxidation sites excluding steroid dienone is 2. The molecular weight excluding hydrogens is 366 g/mol. The van der Waals surface area contributed by atoms with Gasteiger partial charge in [0.2, 0.25) is 0 Å². The number of methoxy groups -OCH3 is 1. The lowest BCUT2D eigenvalue weighted by Crippen LogP contribution is -2.26. The second kappa shape index (κ2) is 6.97. The zero-order chi connectivity index (χ0) is 20.7. The van der Waals surface area contributed by atoms with Crippen LogP contribution in [0.25, 0.3) is 0 Å². The third-order valence-electron chi connectivity index (χ3n) is 5.54. The molecule has 0 amide bonds. The van der Waals surface area contributed by atoms with E-state index in [4.69, 9.17) is 5.26 Å². The van der Waals surface area contributed by atoms with E-state index in [0.717, 1.165) is 7.11 Å². The molecule has 0 bridgehead atoms. The average molecular weight is 385 g/mol. The monoisotopic (exact) mass is 385 g/mol. The van der Waals surface area contributed by atoms with Gasteiger partial charge in [-0.2, -0.15) is 5.26 Å². The van der Waals surface area contributed by atoms with E-state index in [0.29, 0.717) is 0 Å². The largest absolute Gasteiger partial charge is 0.481 e. The van der Waals surface area contributed by atoms with Gasteiger partial charge >= 0.3 is 5.97 Å². The highest BCUT2D eigenvalue weighted by atomic mass is 19.2. The molecule has 4 nitrogen and oxygen atoms in total. The molecule has 1 aliphatic rings.